The molecule has 0 aromatic carbocycles. The van der Waals surface area contributed by atoms with Crippen LogP contribution in [0, 0.1) is 5.92 Å². The molecule has 0 bridgehead atoms. The molecule has 6 heteroatoms. The Kier molecular flexibility index (Phi) is 4.47. The molecule has 0 spiro atoms. The SMILES string of the molecule is CC(C)COC1CN(C(=O)c2nn(C)c3c2C[C@H](C)O[C@@H]3C)C1. The number of carbonyl (C=O) groups excluding carboxylic acids is 1. The van der Waals surface area contributed by atoms with Crippen molar-refractivity contribution in [1.29, 1.82) is 0 Å². The summed E-state index contributed by atoms with van der Waals surface area (Å²) in [5.41, 5.74) is 2.67. The number of hydrogen-bond acceptors (Lipinski definition) is 4. The van der Waals surface area contributed by atoms with Crippen LogP contribution >= 0.6 is 0 Å². The number of likely N-dealkylation sites (tertiary alicyclic amines) is 1. The van der Waals surface area contributed by atoms with E-state index < -0.39 is 0 Å². The predicted octanol–water partition coefficient (Wildman–Crippen LogP) is 1.94. The summed E-state index contributed by atoms with van der Waals surface area (Å²) < 4.78 is 13.4. The molecule has 6 nitrogen and oxygen atoms in total. The first-order chi connectivity index (χ1) is 10.9. The normalized spacial score (nSPS) is 24.7. The molecule has 0 unspecified atom stereocenters. The monoisotopic (exact) mass is 321 g/mol. The van der Waals surface area contributed by atoms with Gasteiger partial charge in [0.1, 0.15) is 0 Å². The number of aromatic nitrogens is 2. The van der Waals surface area contributed by atoms with Crippen molar-refractivity contribution >= 4 is 5.91 Å². The predicted molar refractivity (Wildman–Crippen MR) is 86.4 cm³/mol. The van der Waals surface area contributed by atoms with E-state index in [-0.39, 0.29) is 24.2 Å². The second-order valence-electron chi connectivity index (χ2n) is 7.19. The molecule has 1 aromatic heterocycles. The van der Waals surface area contributed by atoms with E-state index in [4.69, 9.17) is 9.47 Å². The van der Waals surface area contributed by atoms with Crippen LogP contribution in [0.5, 0.6) is 0 Å². The van der Waals surface area contributed by atoms with Crippen LogP contribution in [0.15, 0.2) is 0 Å². The molecule has 128 valence electrons. The lowest BCUT2D eigenvalue weighted by molar-refractivity contribution is -0.0509. The zero-order valence-electron chi connectivity index (χ0n) is 14.7. The van der Waals surface area contributed by atoms with E-state index in [1.54, 1.807) is 4.68 Å². The van der Waals surface area contributed by atoms with E-state index in [0.717, 1.165) is 24.3 Å². The molecule has 2 aliphatic rings. The molecule has 1 fully saturated rings. The maximum Gasteiger partial charge on any atom is 0.274 e. The Morgan fingerprint density at radius 3 is 2.74 bits per heavy atom. The first kappa shape index (κ1) is 16.5. The number of aryl methyl sites for hydroxylation is 1. The average molecular weight is 321 g/mol. The minimum Gasteiger partial charge on any atom is -0.374 e. The van der Waals surface area contributed by atoms with Crippen molar-refractivity contribution in [2.45, 2.75) is 52.4 Å². The second kappa shape index (κ2) is 6.24. The topological polar surface area (TPSA) is 56.6 Å². The summed E-state index contributed by atoms with van der Waals surface area (Å²) in [7, 11) is 1.89. The quantitative estimate of drug-likeness (QED) is 0.850. The highest BCUT2D eigenvalue weighted by Gasteiger charge is 2.37. The van der Waals surface area contributed by atoms with Gasteiger partial charge in [0.2, 0.25) is 0 Å². The molecule has 0 saturated carbocycles. The van der Waals surface area contributed by atoms with Crippen molar-refractivity contribution < 1.29 is 14.3 Å². The molecule has 0 aliphatic carbocycles. The minimum absolute atomic E-state index is 0.0209. The standard InChI is InChI=1S/C17H27N3O3/c1-10(2)9-22-13-7-20(8-13)17(21)15-14-6-11(3)23-12(4)16(14)19(5)18-15/h10-13H,6-9H2,1-5H3/t11-,12+/m0/s1. The van der Waals surface area contributed by atoms with Crippen molar-refractivity contribution in [2.24, 2.45) is 13.0 Å². The van der Waals surface area contributed by atoms with Crippen LogP contribution in [0.1, 0.15) is 55.5 Å². The summed E-state index contributed by atoms with van der Waals surface area (Å²) in [4.78, 5) is 14.6. The largest absolute Gasteiger partial charge is 0.374 e. The Hall–Kier alpha value is -1.40. The summed E-state index contributed by atoms with van der Waals surface area (Å²) in [5.74, 6) is 0.540. The zero-order valence-corrected chi connectivity index (χ0v) is 14.7. The maximum atomic E-state index is 12.8. The number of nitrogens with zero attached hydrogens (tertiary/aromatic N) is 3. The summed E-state index contributed by atoms with van der Waals surface area (Å²) in [5, 5.41) is 4.48. The molecule has 1 saturated heterocycles. The van der Waals surface area contributed by atoms with Gasteiger partial charge in [-0.2, -0.15) is 5.10 Å². The smallest absolute Gasteiger partial charge is 0.274 e. The van der Waals surface area contributed by atoms with Gasteiger partial charge in [-0.05, 0) is 19.8 Å². The van der Waals surface area contributed by atoms with Crippen LogP contribution in [0.2, 0.25) is 0 Å². The lowest BCUT2D eigenvalue weighted by atomic mass is 9.98. The summed E-state index contributed by atoms with van der Waals surface area (Å²) in [6, 6.07) is 0. The molecule has 2 atom stereocenters. The van der Waals surface area contributed by atoms with Crippen molar-refractivity contribution in [1.82, 2.24) is 14.7 Å². The molecule has 0 radical (unpaired) electrons. The lowest BCUT2D eigenvalue weighted by Crippen LogP contribution is -2.55. The number of ether oxygens (including phenoxy) is 2. The number of amides is 1. The third-order valence-electron chi connectivity index (χ3n) is 4.51. The highest BCUT2D eigenvalue weighted by atomic mass is 16.5. The molecular weight excluding hydrogens is 294 g/mol. The van der Waals surface area contributed by atoms with Gasteiger partial charge in [-0.25, -0.2) is 0 Å². The van der Waals surface area contributed by atoms with E-state index >= 15 is 0 Å². The molecule has 1 aromatic rings. The Labute approximate surface area is 137 Å². The van der Waals surface area contributed by atoms with Crippen LogP contribution in [0.3, 0.4) is 0 Å². The van der Waals surface area contributed by atoms with Gasteiger partial charge < -0.3 is 14.4 Å². The van der Waals surface area contributed by atoms with Crippen molar-refractivity contribution in [3.63, 3.8) is 0 Å². The van der Waals surface area contributed by atoms with Gasteiger partial charge in [-0.1, -0.05) is 13.8 Å². The first-order valence-corrected chi connectivity index (χ1v) is 8.49. The molecule has 2 aliphatic heterocycles. The number of hydrogen-bond donors (Lipinski definition) is 0. The summed E-state index contributed by atoms with van der Waals surface area (Å²) in [6.07, 6.45) is 1.01. The highest BCUT2D eigenvalue weighted by Crippen LogP contribution is 2.32. The highest BCUT2D eigenvalue weighted by molar-refractivity contribution is 5.94. The van der Waals surface area contributed by atoms with E-state index in [9.17, 15) is 4.79 Å². The summed E-state index contributed by atoms with van der Waals surface area (Å²) in [6.45, 7) is 10.4. The van der Waals surface area contributed by atoms with Crippen LogP contribution in [-0.4, -0.2) is 52.5 Å². The Morgan fingerprint density at radius 2 is 2.09 bits per heavy atom. The molecule has 3 rings (SSSR count). The Balaban J connectivity index is 1.69. The van der Waals surface area contributed by atoms with Crippen LogP contribution < -0.4 is 0 Å². The number of rotatable bonds is 4. The first-order valence-electron chi connectivity index (χ1n) is 8.49. The third-order valence-corrected chi connectivity index (χ3v) is 4.51. The zero-order chi connectivity index (χ0) is 16.7. The summed E-state index contributed by atoms with van der Waals surface area (Å²) >= 11 is 0. The van der Waals surface area contributed by atoms with Crippen LogP contribution in [0.4, 0.5) is 0 Å². The fraction of sp³-hybridized carbons (Fsp3) is 0.765. The van der Waals surface area contributed by atoms with Crippen molar-refractivity contribution in [2.75, 3.05) is 19.7 Å². The lowest BCUT2D eigenvalue weighted by Gasteiger charge is -2.39. The number of fused-ring (bicyclic) bond motifs is 1. The average Bonchev–Trinajstić information content (AvgIpc) is 2.73. The molecular formula is C17H27N3O3. The van der Waals surface area contributed by atoms with E-state index in [0.29, 0.717) is 24.7 Å². The van der Waals surface area contributed by atoms with Gasteiger partial charge in [0.15, 0.2) is 5.69 Å². The maximum absolute atomic E-state index is 12.8. The van der Waals surface area contributed by atoms with Crippen LogP contribution in [-0.2, 0) is 22.9 Å². The van der Waals surface area contributed by atoms with Gasteiger partial charge in [0.05, 0.1) is 24.0 Å². The fourth-order valence-corrected chi connectivity index (χ4v) is 3.40. The third kappa shape index (κ3) is 3.15. The van der Waals surface area contributed by atoms with E-state index in [2.05, 4.69) is 18.9 Å². The Morgan fingerprint density at radius 1 is 1.39 bits per heavy atom. The molecule has 1 amide bonds. The molecule has 3 heterocycles. The minimum atomic E-state index is -0.0219. The molecule has 23 heavy (non-hydrogen) atoms. The van der Waals surface area contributed by atoms with Gasteiger partial charge >= 0.3 is 0 Å². The van der Waals surface area contributed by atoms with Gasteiger partial charge in [0, 0.05) is 38.7 Å². The van der Waals surface area contributed by atoms with Gasteiger partial charge in [0.25, 0.3) is 5.91 Å². The second-order valence-corrected chi connectivity index (χ2v) is 7.19. The fourth-order valence-electron chi connectivity index (χ4n) is 3.40. The number of carbonyl (C=O) groups is 1. The van der Waals surface area contributed by atoms with E-state index in [1.165, 1.54) is 0 Å². The van der Waals surface area contributed by atoms with Gasteiger partial charge in [-0.3, -0.25) is 9.48 Å². The van der Waals surface area contributed by atoms with Crippen molar-refractivity contribution in [3.8, 4) is 0 Å². The van der Waals surface area contributed by atoms with Crippen LogP contribution in [0.25, 0.3) is 0 Å². The van der Waals surface area contributed by atoms with Gasteiger partial charge in [-0.15, -0.1) is 0 Å². The van der Waals surface area contributed by atoms with E-state index in [1.807, 2.05) is 25.8 Å². The molecule has 0 N–H and O–H groups in total. The van der Waals surface area contributed by atoms with Crippen molar-refractivity contribution in [3.05, 3.63) is 17.0 Å². The Bertz CT molecular complexity index is 590.